The van der Waals surface area contributed by atoms with Gasteiger partial charge in [-0.25, -0.2) is 9.67 Å². The number of fused-ring (bicyclic) bond motifs is 4. The molecule has 0 bridgehead atoms. The number of carbonyl (C=O) groups excluding carboxylic acids is 1. The number of anilines is 1. The summed E-state index contributed by atoms with van der Waals surface area (Å²) in [5.41, 5.74) is 5.77. The number of hydrogen-bond acceptors (Lipinski definition) is 3. The Hall–Kier alpha value is -3.15. The summed E-state index contributed by atoms with van der Waals surface area (Å²) < 4.78 is 1.88. The molecule has 0 radical (unpaired) electrons. The molecule has 0 unspecified atom stereocenters. The van der Waals surface area contributed by atoms with E-state index in [1.54, 1.807) is 12.4 Å². The highest BCUT2D eigenvalue weighted by atomic mass is 16.1. The second kappa shape index (κ2) is 6.48. The van der Waals surface area contributed by atoms with E-state index in [9.17, 15) is 4.79 Å². The number of amides is 1. The largest absolute Gasteiger partial charge is 0.358 e. The first-order valence-electron chi connectivity index (χ1n) is 9.89. The molecule has 3 aromatic heterocycles. The van der Waals surface area contributed by atoms with E-state index in [-0.39, 0.29) is 11.9 Å². The number of hydrogen-bond donors (Lipinski definition) is 2. The average Bonchev–Trinajstić information content (AvgIpc) is 3.28. The van der Waals surface area contributed by atoms with E-state index in [1.807, 2.05) is 22.9 Å². The fourth-order valence-electron chi connectivity index (χ4n) is 4.20. The van der Waals surface area contributed by atoms with Crippen molar-refractivity contribution in [3.63, 3.8) is 0 Å². The third-order valence-corrected chi connectivity index (χ3v) is 5.56. The van der Waals surface area contributed by atoms with E-state index in [2.05, 4.69) is 40.3 Å². The minimum absolute atomic E-state index is 0.124. The highest BCUT2D eigenvalue weighted by molar-refractivity contribution is 6.12. The lowest BCUT2D eigenvalue weighted by Crippen LogP contribution is -2.12. The van der Waals surface area contributed by atoms with Crippen molar-refractivity contribution in [3.05, 3.63) is 53.5 Å². The van der Waals surface area contributed by atoms with Crippen LogP contribution < -0.4 is 5.32 Å². The van der Waals surface area contributed by atoms with Crippen LogP contribution >= 0.6 is 0 Å². The van der Waals surface area contributed by atoms with Gasteiger partial charge >= 0.3 is 0 Å². The van der Waals surface area contributed by atoms with Crippen molar-refractivity contribution < 1.29 is 4.79 Å². The van der Waals surface area contributed by atoms with Gasteiger partial charge in [-0.2, -0.15) is 5.10 Å². The number of aromatic amines is 1. The topological polar surface area (TPSA) is 75.6 Å². The van der Waals surface area contributed by atoms with Crippen molar-refractivity contribution in [1.29, 1.82) is 0 Å². The van der Waals surface area contributed by atoms with Gasteiger partial charge in [-0.05, 0) is 57.2 Å². The molecule has 0 saturated carbocycles. The normalized spacial score (nSPS) is 14.0. The van der Waals surface area contributed by atoms with Crippen LogP contribution in [0.5, 0.6) is 0 Å². The molecule has 0 spiro atoms. The van der Waals surface area contributed by atoms with Gasteiger partial charge < -0.3 is 10.3 Å². The molecule has 0 fully saturated rings. The fraction of sp³-hybridized carbons (Fsp3) is 0.318. The number of pyridine rings is 1. The number of carbonyl (C=O) groups is 1. The SMILES string of the molecule is CC(C)n1ncc2cc(NC(=O)c3cccc4c5c([nH]c34)CCCC5)cnc21. The van der Waals surface area contributed by atoms with Crippen LogP contribution in [0.4, 0.5) is 5.69 Å². The molecular weight excluding hydrogens is 350 g/mol. The molecule has 0 aliphatic heterocycles. The maximum Gasteiger partial charge on any atom is 0.257 e. The van der Waals surface area contributed by atoms with Crippen molar-refractivity contribution >= 4 is 33.5 Å². The van der Waals surface area contributed by atoms with Gasteiger partial charge in [0.05, 0.1) is 29.2 Å². The van der Waals surface area contributed by atoms with Crippen molar-refractivity contribution in [2.75, 3.05) is 5.32 Å². The minimum Gasteiger partial charge on any atom is -0.358 e. The highest BCUT2D eigenvalue weighted by Gasteiger charge is 2.19. The summed E-state index contributed by atoms with van der Waals surface area (Å²) in [6.07, 6.45) is 8.05. The second-order valence-electron chi connectivity index (χ2n) is 7.79. The third kappa shape index (κ3) is 2.68. The maximum atomic E-state index is 13.0. The van der Waals surface area contributed by atoms with Crippen molar-refractivity contribution in [3.8, 4) is 0 Å². The van der Waals surface area contributed by atoms with Gasteiger partial charge in [0, 0.05) is 22.5 Å². The molecule has 2 N–H and O–H groups in total. The zero-order chi connectivity index (χ0) is 19.3. The van der Waals surface area contributed by atoms with Crippen LogP contribution in [0.1, 0.15) is 54.3 Å². The molecule has 6 heteroatoms. The number of aryl methyl sites for hydroxylation is 2. The second-order valence-corrected chi connectivity index (χ2v) is 7.79. The number of aromatic nitrogens is 4. The quantitative estimate of drug-likeness (QED) is 0.550. The Bertz CT molecular complexity index is 1200. The molecule has 3 heterocycles. The van der Waals surface area contributed by atoms with Crippen LogP contribution in [0.3, 0.4) is 0 Å². The lowest BCUT2D eigenvalue weighted by molar-refractivity contribution is 0.102. The van der Waals surface area contributed by atoms with E-state index in [0.717, 1.165) is 29.4 Å². The lowest BCUT2D eigenvalue weighted by Gasteiger charge is -2.10. The van der Waals surface area contributed by atoms with Crippen LogP contribution in [0.2, 0.25) is 0 Å². The summed E-state index contributed by atoms with van der Waals surface area (Å²) in [4.78, 5) is 21.0. The zero-order valence-electron chi connectivity index (χ0n) is 16.1. The van der Waals surface area contributed by atoms with Gasteiger partial charge in [-0.15, -0.1) is 0 Å². The molecule has 0 atom stereocenters. The summed E-state index contributed by atoms with van der Waals surface area (Å²) >= 11 is 0. The molecule has 1 aliphatic rings. The monoisotopic (exact) mass is 373 g/mol. The van der Waals surface area contributed by atoms with Gasteiger partial charge in [-0.3, -0.25) is 4.79 Å². The summed E-state index contributed by atoms with van der Waals surface area (Å²) in [5, 5.41) is 9.48. The Balaban J connectivity index is 1.49. The molecule has 1 aliphatic carbocycles. The first-order chi connectivity index (χ1) is 13.6. The predicted octanol–water partition coefficient (Wildman–Crippen LogP) is 4.62. The molecule has 4 aromatic rings. The molecule has 1 aromatic carbocycles. The standard InChI is InChI=1S/C22H23N5O/c1-13(2)27-21-14(11-24-27)10-15(12-23-21)25-22(28)18-8-5-7-17-16-6-3-4-9-19(16)26-20(17)18/h5,7-8,10-13,26H,3-4,6,9H2,1-2H3,(H,25,28). The molecule has 142 valence electrons. The van der Waals surface area contributed by atoms with Crippen molar-refractivity contribution in [2.45, 2.75) is 45.6 Å². The van der Waals surface area contributed by atoms with Crippen molar-refractivity contribution in [2.24, 2.45) is 0 Å². The van der Waals surface area contributed by atoms with Crippen LogP contribution in [0, 0.1) is 0 Å². The van der Waals surface area contributed by atoms with Crippen LogP contribution in [-0.4, -0.2) is 25.7 Å². The zero-order valence-corrected chi connectivity index (χ0v) is 16.1. The van der Waals surface area contributed by atoms with Crippen LogP contribution in [0.15, 0.2) is 36.7 Å². The summed E-state index contributed by atoms with van der Waals surface area (Å²) in [5.74, 6) is -0.124. The van der Waals surface area contributed by atoms with E-state index in [0.29, 0.717) is 11.3 Å². The molecule has 0 saturated heterocycles. The van der Waals surface area contributed by atoms with E-state index in [1.165, 1.54) is 29.5 Å². The van der Waals surface area contributed by atoms with E-state index in [4.69, 9.17) is 0 Å². The first-order valence-corrected chi connectivity index (χ1v) is 9.89. The third-order valence-electron chi connectivity index (χ3n) is 5.56. The van der Waals surface area contributed by atoms with Gasteiger partial charge in [0.1, 0.15) is 0 Å². The molecule has 6 nitrogen and oxygen atoms in total. The minimum atomic E-state index is -0.124. The van der Waals surface area contributed by atoms with E-state index >= 15 is 0 Å². The maximum absolute atomic E-state index is 13.0. The number of H-pyrrole nitrogens is 1. The molecular formula is C22H23N5O. The van der Waals surface area contributed by atoms with Crippen molar-refractivity contribution in [1.82, 2.24) is 19.7 Å². The summed E-state index contributed by atoms with van der Waals surface area (Å²) in [6, 6.07) is 8.12. The van der Waals surface area contributed by atoms with Crippen LogP contribution in [0.25, 0.3) is 21.9 Å². The number of benzene rings is 1. The Kier molecular flexibility index (Phi) is 3.93. The average molecular weight is 373 g/mol. The number of rotatable bonds is 3. The highest BCUT2D eigenvalue weighted by Crippen LogP contribution is 2.31. The first kappa shape index (κ1) is 17.0. The Morgan fingerprint density at radius 2 is 2.07 bits per heavy atom. The Morgan fingerprint density at radius 3 is 2.93 bits per heavy atom. The lowest BCUT2D eigenvalue weighted by atomic mass is 9.95. The number of nitrogens with one attached hydrogen (secondary N) is 2. The Labute approximate surface area is 163 Å². The number of nitrogens with zero attached hydrogens (tertiary/aromatic N) is 3. The summed E-state index contributed by atoms with van der Waals surface area (Å²) in [6.45, 7) is 4.14. The van der Waals surface area contributed by atoms with Gasteiger partial charge in [-0.1, -0.05) is 12.1 Å². The van der Waals surface area contributed by atoms with Gasteiger partial charge in [0.2, 0.25) is 0 Å². The Morgan fingerprint density at radius 1 is 1.21 bits per heavy atom. The smallest absolute Gasteiger partial charge is 0.257 e. The van der Waals surface area contributed by atoms with Gasteiger partial charge in [0.25, 0.3) is 5.91 Å². The molecule has 28 heavy (non-hydrogen) atoms. The van der Waals surface area contributed by atoms with Gasteiger partial charge in [0.15, 0.2) is 5.65 Å². The van der Waals surface area contributed by atoms with Crippen LogP contribution in [-0.2, 0) is 12.8 Å². The van der Waals surface area contributed by atoms with E-state index < -0.39 is 0 Å². The summed E-state index contributed by atoms with van der Waals surface area (Å²) in [7, 11) is 0. The predicted molar refractivity (Wildman–Crippen MR) is 111 cm³/mol. The number of para-hydroxylation sites is 1. The molecule has 5 rings (SSSR count). The molecule has 1 amide bonds. The fourth-order valence-corrected chi connectivity index (χ4v) is 4.20.